The highest BCUT2D eigenvalue weighted by Crippen LogP contribution is 2.21. The Balaban J connectivity index is 2.89. The van der Waals surface area contributed by atoms with E-state index >= 15 is 0 Å². The molecule has 0 radical (unpaired) electrons. The van der Waals surface area contributed by atoms with E-state index < -0.39 is 12.7 Å². The predicted molar refractivity (Wildman–Crippen MR) is 60.1 cm³/mol. The van der Waals surface area contributed by atoms with Crippen LogP contribution >= 0.6 is 11.6 Å². The molecule has 96 valence electrons. The zero-order chi connectivity index (χ0) is 13.1. The van der Waals surface area contributed by atoms with E-state index in [2.05, 4.69) is 9.97 Å². The monoisotopic (exact) mass is 267 g/mol. The Kier molecular flexibility index (Phi) is 4.56. The van der Waals surface area contributed by atoms with Gasteiger partial charge in [0, 0.05) is 24.0 Å². The molecule has 0 saturated carbocycles. The number of rotatable bonds is 4. The molecule has 0 aliphatic carbocycles. The van der Waals surface area contributed by atoms with Crippen molar-refractivity contribution in [3.8, 4) is 0 Å². The van der Waals surface area contributed by atoms with Crippen LogP contribution < -0.4 is 4.90 Å². The zero-order valence-corrected chi connectivity index (χ0v) is 10.3. The molecule has 1 rings (SSSR count). The minimum Gasteiger partial charge on any atom is -0.329 e. The molecule has 0 amide bonds. The van der Waals surface area contributed by atoms with Crippen LogP contribution in [0.4, 0.5) is 19.1 Å². The molecule has 0 aliphatic heterocycles. The van der Waals surface area contributed by atoms with Gasteiger partial charge in [-0.05, 0) is 13.8 Å². The van der Waals surface area contributed by atoms with Crippen LogP contribution in [0.3, 0.4) is 0 Å². The van der Waals surface area contributed by atoms with Gasteiger partial charge in [0.25, 0.3) is 0 Å². The van der Waals surface area contributed by atoms with Gasteiger partial charge in [0.1, 0.15) is 6.54 Å². The minimum atomic E-state index is -4.28. The van der Waals surface area contributed by atoms with Crippen LogP contribution in [0.25, 0.3) is 0 Å². The second-order valence-corrected chi connectivity index (χ2v) is 4.13. The van der Waals surface area contributed by atoms with Crippen molar-refractivity contribution in [2.75, 3.05) is 11.4 Å². The van der Waals surface area contributed by atoms with Crippen LogP contribution in [-0.4, -0.2) is 28.7 Å². The summed E-state index contributed by atoms with van der Waals surface area (Å²) in [5.41, 5.74) is 0.672. The summed E-state index contributed by atoms with van der Waals surface area (Å²) in [6.07, 6.45) is -1.42. The Morgan fingerprint density at radius 2 is 1.82 bits per heavy atom. The molecule has 1 heterocycles. The minimum absolute atomic E-state index is 0.0613. The van der Waals surface area contributed by atoms with Crippen molar-refractivity contribution in [3.63, 3.8) is 0 Å². The smallest absolute Gasteiger partial charge is 0.329 e. The molecule has 0 fully saturated rings. The molecule has 0 atom stereocenters. The van der Waals surface area contributed by atoms with Crippen LogP contribution in [0.2, 0.25) is 0 Å². The summed E-state index contributed by atoms with van der Waals surface area (Å²) in [5.74, 6) is 0.299. The first-order valence-electron chi connectivity index (χ1n) is 5.04. The number of anilines is 1. The number of hydrogen-bond acceptors (Lipinski definition) is 3. The quantitative estimate of drug-likeness (QED) is 0.786. The average molecular weight is 268 g/mol. The van der Waals surface area contributed by atoms with Gasteiger partial charge < -0.3 is 4.90 Å². The van der Waals surface area contributed by atoms with Crippen LogP contribution in [0.5, 0.6) is 0 Å². The van der Waals surface area contributed by atoms with Crippen molar-refractivity contribution in [1.29, 1.82) is 0 Å². The number of halogens is 4. The summed E-state index contributed by atoms with van der Waals surface area (Å²) in [6, 6.07) is -0.335. The first kappa shape index (κ1) is 14.0. The van der Waals surface area contributed by atoms with Crippen molar-refractivity contribution in [1.82, 2.24) is 9.97 Å². The van der Waals surface area contributed by atoms with E-state index in [0.29, 0.717) is 5.56 Å². The Labute approximate surface area is 103 Å². The van der Waals surface area contributed by atoms with E-state index in [1.807, 2.05) is 0 Å². The number of hydrogen-bond donors (Lipinski definition) is 0. The lowest BCUT2D eigenvalue weighted by molar-refractivity contribution is -0.120. The predicted octanol–water partition coefficient (Wildman–Crippen LogP) is 2.99. The van der Waals surface area contributed by atoms with E-state index in [-0.39, 0.29) is 17.9 Å². The molecule has 0 unspecified atom stereocenters. The Morgan fingerprint density at radius 1 is 1.29 bits per heavy atom. The summed E-state index contributed by atoms with van der Waals surface area (Å²) in [5, 5.41) is 0. The molecule has 0 spiro atoms. The molecule has 17 heavy (non-hydrogen) atoms. The summed E-state index contributed by atoms with van der Waals surface area (Å²) >= 11 is 5.55. The van der Waals surface area contributed by atoms with Crippen LogP contribution in [0.15, 0.2) is 12.4 Å². The Hall–Kier alpha value is -1.04. The Bertz CT molecular complexity index is 351. The maximum absolute atomic E-state index is 12.4. The standard InChI is InChI=1S/C10H13ClF3N3/c1-7(2)17(6-10(12,13)14)9-15-4-8(3-11)5-16-9/h4-5,7H,3,6H2,1-2H3. The second-order valence-electron chi connectivity index (χ2n) is 3.86. The van der Waals surface area contributed by atoms with E-state index in [0.717, 1.165) is 4.90 Å². The summed E-state index contributed by atoms with van der Waals surface area (Å²) in [6.45, 7) is 2.25. The van der Waals surface area contributed by atoms with Crippen molar-refractivity contribution in [2.45, 2.75) is 31.9 Å². The highest BCUT2D eigenvalue weighted by atomic mass is 35.5. The maximum atomic E-state index is 12.4. The van der Waals surface area contributed by atoms with Gasteiger partial charge in [-0.25, -0.2) is 9.97 Å². The molecule has 0 aliphatic rings. The SMILES string of the molecule is CC(C)N(CC(F)(F)F)c1ncc(CCl)cn1. The fraction of sp³-hybridized carbons (Fsp3) is 0.600. The van der Waals surface area contributed by atoms with Gasteiger partial charge in [-0.2, -0.15) is 13.2 Å². The molecule has 1 aromatic rings. The van der Waals surface area contributed by atoms with E-state index in [1.54, 1.807) is 13.8 Å². The first-order valence-corrected chi connectivity index (χ1v) is 5.57. The van der Waals surface area contributed by atoms with Crippen molar-refractivity contribution < 1.29 is 13.2 Å². The third-order valence-corrected chi connectivity index (χ3v) is 2.38. The topological polar surface area (TPSA) is 29.0 Å². The van der Waals surface area contributed by atoms with Crippen molar-refractivity contribution in [2.24, 2.45) is 0 Å². The van der Waals surface area contributed by atoms with Crippen molar-refractivity contribution >= 4 is 17.5 Å². The van der Waals surface area contributed by atoms with Gasteiger partial charge >= 0.3 is 6.18 Å². The van der Waals surface area contributed by atoms with Crippen LogP contribution in [-0.2, 0) is 5.88 Å². The van der Waals surface area contributed by atoms with Crippen LogP contribution in [0.1, 0.15) is 19.4 Å². The lowest BCUT2D eigenvalue weighted by Gasteiger charge is -2.27. The largest absolute Gasteiger partial charge is 0.406 e. The molecule has 1 aromatic heterocycles. The third-order valence-electron chi connectivity index (χ3n) is 2.08. The number of nitrogens with zero attached hydrogens (tertiary/aromatic N) is 3. The fourth-order valence-electron chi connectivity index (χ4n) is 1.24. The second kappa shape index (κ2) is 5.53. The van der Waals surface area contributed by atoms with E-state index in [1.165, 1.54) is 12.4 Å². The van der Waals surface area contributed by atoms with Gasteiger partial charge in [-0.3, -0.25) is 0 Å². The van der Waals surface area contributed by atoms with Gasteiger partial charge in [-0.15, -0.1) is 11.6 Å². The molecule has 0 N–H and O–H groups in total. The molecule has 7 heteroatoms. The molecular weight excluding hydrogens is 255 g/mol. The van der Waals surface area contributed by atoms with Gasteiger partial charge in [0.15, 0.2) is 0 Å². The number of aromatic nitrogens is 2. The van der Waals surface area contributed by atoms with E-state index in [4.69, 9.17) is 11.6 Å². The maximum Gasteiger partial charge on any atom is 0.406 e. The van der Waals surface area contributed by atoms with E-state index in [9.17, 15) is 13.2 Å². The fourth-order valence-corrected chi connectivity index (χ4v) is 1.38. The normalized spacial score (nSPS) is 11.9. The molecule has 0 bridgehead atoms. The van der Waals surface area contributed by atoms with Gasteiger partial charge in [0.2, 0.25) is 5.95 Å². The third kappa shape index (κ3) is 4.38. The highest BCUT2D eigenvalue weighted by molar-refractivity contribution is 6.17. The summed E-state index contributed by atoms with van der Waals surface area (Å²) < 4.78 is 37.1. The van der Waals surface area contributed by atoms with Crippen LogP contribution in [0, 0.1) is 0 Å². The molecule has 3 nitrogen and oxygen atoms in total. The molecule has 0 aromatic carbocycles. The highest BCUT2D eigenvalue weighted by Gasteiger charge is 2.33. The Morgan fingerprint density at radius 3 is 2.18 bits per heavy atom. The average Bonchev–Trinajstić information content (AvgIpc) is 2.25. The summed E-state index contributed by atoms with van der Waals surface area (Å²) in [7, 11) is 0. The number of alkyl halides is 4. The summed E-state index contributed by atoms with van der Waals surface area (Å²) in [4.78, 5) is 8.87. The van der Waals surface area contributed by atoms with Gasteiger partial charge in [-0.1, -0.05) is 0 Å². The van der Waals surface area contributed by atoms with Gasteiger partial charge in [0.05, 0.1) is 5.88 Å². The zero-order valence-electron chi connectivity index (χ0n) is 9.50. The lowest BCUT2D eigenvalue weighted by Crippen LogP contribution is -2.40. The van der Waals surface area contributed by atoms with Crippen molar-refractivity contribution in [3.05, 3.63) is 18.0 Å². The first-order chi connectivity index (χ1) is 7.83. The lowest BCUT2D eigenvalue weighted by atomic mass is 10.3. The molecule has 0 saturated heterocycles. The molecular formula is C10H13ClF3N3.